The first-order valence-electron chi connectivity index (χ1n) is 9.90. The van der Waals surface area contributed by atoms with Gasteiger partial charge in [0.25, 0.3) is 0 Å². The summed E-state index contributed by atoms with van der Waals surface area (Å²) < 4.78 is 17.4. The summed E-state index contributed by atoms with van der Waals surface area (Å²) >= 11 is 0. The second-order valence-corrected chi connectivity index (χ2v) is 7.43. The highest BCUT2D eigenvalue weighted by Gasteiger charge is 2.39. The van der Waals surface area contributed by atoms with Crippen LogP contribution in [0.15, 0.2) is 0 Å². The highest BCUT2D eigenvalue weighted by molar-refractivity contribution is 4.91. The van der Waals surface area contributed by atoms with Crippen LogP contribution >= 0.6 is 0 Å². The van der Waals surface area contributed by atoms with Crippen LogP contribution in [0.25, 0.3) is 4.85 Å². The zero-order valence-electron chi connectivity index (χ0n) is 15.6. The van der Waals surface area contributed by atoms with E-state index >= 15 is 0 Å². The molecule has 4 nitrogen and oxygen atoms in total. The minimum Gasteiger partial charge on any atom is -0.381 e. The first kappa shape index (κ1) is 19.7. The van der Waals surface area contributed by atoms with Gasteiger partial charge in [-0.25, -0.2) is 6.57 Å². The van der Waals surface area contributed by atoms with E-state index in [9.17, 15) is 0 Å². The lowest BCUT2D eigenvalue weighted by Gasteiger charge is -2.31. The van der Waals surface area contributed by atoms with E-state index in [2.05, 4.69) is 11.8 Å². The van der Waals surface area contributed by atoms with Gasteiger partial charge in [-0.2, -0.15) is 0 Å². The quantitative estimate of drug-likeness (QED) is 0.416. The third-order valence-electron chi connectivity index (χ3n) is 5.81. The molecule has 1 atom stereocenters. The van der Waals surface area contributed by atoms with Crippen molar-refractivity contribution in [3.05, 3.63) is 11.4 Å². The molecule has 1 saturated carbocycles. The van der Waals surface area contributed by atoms with E-state index in [1.54, 1.807) is 7.11 Å². The number of unbranched alkanes of at least 4 members (excludes halogenated alkanes) is 3. The average Bonchev–Trinajstić information content (AvgIpc) is 3.09. The predicted octanol–water partition coefficient (Wildman–Crippen LogP) is 4.97. The molecule has 0 aromatic rings. The molecule has 138 valence electrons. The molecular formula is C20H35NO3. The maximum atomic E-state index is 7.63. The molecule has 4 heteroatoms. The minimum absolute atomic E-state index is 0.114. The summed E-state index contributed by atoms with van der Waals surface area (Å²) in [6.45, 7) is 11.3. The van der Waals surface area contributed by atoms with Crippen molar-refractivity contribution >= 4 is 0 Å². The minimum atomic E-state index is -0.402. The van der Waals surface area contributed by atoms with Crippen molar-refractivity contribution in [2.45, 2.75) is 95.5 Å². The van der Waals surface area contributed by atoms with E-state index in [0.717, 1.165) is 51.4 Å². The molecule has 1 saturated heterocycles. The van der Waals surface area contributed by atoms with E-state index in [0.29, 0.717) is 25.2 Å². The van der Waals surface area contributed by atoms with Crippen molar-refractivity contribution in [3.8, 4) is 0 Å². The first-order valence-corrected chi connectivity index (χ1v) is 9.90. The van der Waals surface area contributed by atoms with Gasteiger partial charge in [-0.15, -0.1) is 0 Å². The van der Waals surface area contributed by atoms with Crippen molar-refractivity contribution in [1.82, 2.24) is 0 Å². The van der Waals surface area contributed by atoms with Crippen molar-refractivity contribution in [2.75, 3.05) is 20.3 Å². The SMILES string of the molecule is [C-]#[N+]C(CCC1(CCCCCC)OCCO1)C1CCC(OC)CC1. The molecule has 0 radical (unpaired) electrons. The van der Waals surface area contributed by atoms with Gasteiger partial charge in [0.2, 0.25) is 6.04 Å². The standard InChI is InChI=1S/C20H35NO3/c1-4-5-6-7-13-20(23-15-16-24-20)14-12-19(21-2)17-8-10-18(22-3)11-9-17/h17-19H,4-16H2,1,3H3. The molecule has 1 aliphatic carbocycles. The Balaban J connectivity index is 1.80. The lowest BCUT2D eigenvalue weighted by atomic mass is 9.80. The maximum Gasteiger partial charge on any atom is 0.226 e. The summed E-state index contributed by atoms with van der Waals surface area (Å²) in [6, 6.07) is 0.114. The fourth-order valence-electron chi connectivity index (χ4n) is 4.21. The van der Waals surface area contributed by atoms with E-state index < -0.39 is 5.79 Å². The molecule has 1 heterocycles. The molecule has 2 aliphatic rings. The third kappa shape index (κ3) is 5.72. The van der Waals surface area contributed by atoms with Crippen LogP contribution in [0.4, 0.5) is 0 Å². The zero-order valence-corrected chi connectivity index (χ0v) is 15.6. The Labute approximate surface area is 148 Å². The Hall–Kier alpha value is -0.630. The molecule has 24 heavy (non-hydrogen) atoms. The van der Waals surface area contributed by atoms with E-state index in [1.165, 1.54) is 19.3 Å². The molecule has 1 unspecified atom stereocenters. The molecule has 1 aliphatic heterocycles. The van der Waals surface area contributed by atoms with Crippen LogP contribution in [0.1, 0.15) is 77.6 Å². The number of ether oxygens (including phenoxy) is 3. The predicted molar refractivity (Wildman–Crippen MR) is 95.8 cm³/mol. The van der Waals surface area contributed by atoms with Crippen molar-refractivity contribution < 1.29 is 14.2 Å². The average molecular weight is 338 g/mol. The van der Waals surface area contributed by atoms with E-state index in [4.69, 9.17) is 20.8 Å². The fraction of sp³-hybridized carbons (Fsp3) is 0.950. The number of methoxy groups -OCH3 is 1. The zero-order chi connectivity index (χ0) is 17.3. The molecule has 2 fully saturated rings. The van der Waals surface area contributed by atoms with E-state index in [-0.39, 0.29) is 6.04 Å². The van der Waals surface area contributed by atoms with Crippen LogP contribution in [-0.4, -0.2) is 38.3 Å². The van der Waals surface area contributed by atoms with Gasteiger partial charge in [0.05, 0.1) is 19.3 Å². The van der Waals surface area contributed by atoms with Gasteiger partial charge >= 0.3 is 0 Å². The topological polar surface area (TPSA) is 32.0 Å². The summed E-state index contributed by atoms with van der Waals surface area (Å²) in [5, 5.41) is 0. The number of rotatable bonds is 10. The lowest BCUT2D eigenvalue weighted by Crippen LogP contribution is -2.33. The molecule has 0 aromatic carbocycles. The smallest absolute Gasteiger partial charge is 0.226 e. The second-order valence-electron chi connectivity index (χ2n) is 7.43. The normalized spacial score (nSPS) is 27.7. The largest absolute Gasteiger partial charge is 0.381 e. The summed E-state index contributed by atoms with van der Waals surface area (Å²) in [6.07, 6.45) is 12.5. The van der Waals surface area contributed by atoms with Crippen LogP contribution in [0.2, 0.25) is 0 Å². The molecule has 2 rings (SSSR count). The van der Waals surface area contributed by atoms with Crippen LogP contribution in [0, 0.1) is 12.5 Å². The summed E-state index contributed by atoms with van der Waals surface area (Å²) in [4.78, 5) is 3.96. The molecule has 0 N–H and O–H groups in total. The van der Waals surface area contributed by atoms with Crippen LogP contribution < -0.4 is 0 Å². The van der Waals surface area contributed by atoms with Crippen LogP contribution in [-0.2, 0) is 14.2 Å². The van der Waals surface area contributed by atoms with E-state index in [1.807, 2.05) is 0 Å². The van der Waals surface area contributed by atoms with Crippen LogP contribution in [0.5, 0.6) is 0 Å². The Morgan fingerprint density at radius 2 is 1.79 bits per heavy atom. The van der Waals surface area contributed by atoms with Gasteiger partial charge < -0.3 is 19.1 Å². The Kier molecular flexibility index (Phi) is 8.52. The Morgan fingerprint density at radius 3 is 2.38 bits per heavy atom. The third-order valence-corrected chi connectivity index (χ3v) is 5.81. The second kappa shape index (κ2) is 10.4. The maximum absolute atomic E-state index is 7.63. The monoisotopic (exact) mass is 337 g/mol. The first-order chi connectivity index (χ1) is 11.7. The lowest BCUT2D eigenvalue weighted by molar-refractivity contribution is -0.169. The van der Waals surface area contributed by atoms with Gasteiger partial charge in [-0.05, 0) is 32.1 Å². The van der Waals surface area contributed by atoms with Gasteiger partial charge in [-0.3, -0.25) is 0 Å². The number of nitrogens with zero attached hydrogens (tertiary/aromatic N) is 1. The van der Waals surface area contributed by atoms with Crippen LogP contribution in [0.3, 0.4) is 0 Å². The van der Waals surface area contributed by atoms with Gasteiger partial charge in [0, 0.05) is 32.3 Å². The molecule has 0 amide bonds. The molecular weight excluding hydrogens is 302 g/mol. The Morgan fingerprint density at radius 1 is 1.08 bits per heavy atom. The number of hydrogen-bond acceptors (Lipinski definition) is 3. The van der Waals surface area contributed by atoms with Gasteiger partial charge in [-0.1, -0.05) is 26.2 Å². The van der Waals surface area contributed by atoms with Crippen molar-refractivity contribution in [1.29, 1.82) is 0 Å². The molecule has 0 bridgehead atoms. The molecule has 0 aromatic heterocycles. The highest BCUT2D eigenvalue weighted by atomic mass is 16.7. The van der Waals surface area contributed by atoms with Gasteiger partial charge in [0.1, 0.15) is 0 Å². The van der Waals surface area contributed by atoms with Crippen molar-refractivity contribution in [3.63, 3.8) is 0 Å². The summed E-state index contributed by atoms with van der Waals surface area (Å²) in [5.41, 5.74) is 0. The summed E-state index contributed by atoms with van der Waals surface area (Å²) in [7, 11) is 1.80. The fourth-order valence-corrected chi connectivity index (χ4v) is 4.21. The molecule has 0 spiro atoms. The van der Waals surface area contributed by atoms with Crippen molar-refractivity contribution in [2.24, 2.45) is 5.92 Å². The summed E-state index contributed by atoms with van der Waals surface area (Å²) in [5.74, 6) is 0.118. The Bertz CT molecular complexity index is 379. The van der Waals surface area contributed by atoms with Gasteiger partial charge in [0.15, 0.2) is 5.79 Å². The number of hydrogen-bond donors (Lipinski definition) is 0. The highest BCUT2D eigenvalue weighted by Crippen LogP contribution is 2.36.